The number of carbonyl (C=O) groups excluding carboxylic acids is 1. The minimum absolute atomic E-state index is 0.00601. The van der Waals surface area contributed by atoms with Crippen LogP contribution in [-0.4, -0.2) is 19.1 Å². The molecular formula is C14H11BrN2O2. The lowest BCUT2D eigenvalue weighted by atomic mass is 10.1. The van der Waals surface area contributed by atoms with Gasteiger partial charge in [-0.3, -0.25) is 4.79 Å². The average Bonchev–Trinajstić information content (AvgIpc) is 2.42. The molecule has 2 aromatic rings. The quantitative estimate of drug-likeness (QED) is 0.881. The van der Waals surface area contributed by atoms with Gasteiger partial charge in [-0.05, 0) is 35.0 Å². The van der Waals surface area contributed by atoms with Crippen LogP contribution in [0.4, 0.5) is 0 Å². The van der Waals surface area contributed by atoms with Gasteiger partial charge in [0.2, 0.25) is 0 Å². The molecule has 19 heavy (non-hydrogen) atoms. The zero-order valence-corrected chi connectivity index (χ0v) is 11.6. The third-order valence-electron chi connectivity index (χ3n) is 2.51. The molecule has 0 bridgehead atoms. The van der Waals surface area contributed by atoms with Gasteiger partial charge in [-0.25, -0.2) is 0 Å². The van der Waals surface area contributed by atoms with Crippen LogP contribution in [0.2, 0.25) is 0 Å². The van der Waals surface area contributed by atoms with E-state index in [4.69, 9.17) is 10.00 Å². The smallest absolute Gasteiger partial charge is 0.258 e. The van der Waals surface area contributed by atoms with E-state index in [1.165, 1.54) is 0 Å². The molecule has 0 fully saturated rings. The van der Waals surface area contributed by atoms with Crippen LogP contribution < -0.4 is 10.1 Å². The number of carbonyl (C=O) groups is 1. The molecule has 2 aromatic carbocycles. The van der Waals surface area contributed by atoms with E-state index in [1.54, 1.807) is 0 Å². The summed E-state index contributed by atoms with van der Waals surface area (Å²) in [5.74, 6) is 0.319. The fraction of sp³-hybridized carbons (Fsp3) is 0.143. The highest BCUT2D eigenvalue weighted by Crippen LogP contribution is 2.23. The Hall–Kier alpha value is -2.06. The SMILES string of the molecule is N#CCNC(=O)COc1ccc2cc(Br)ccc2c1. The molecule has 4 nitrogen and oxygen atoms in total. The van der Waals surface area contributed by atoms with Crippen molar-refractivity contribution in [2.24, 2.45) is 0 Å². The number of nitrogens with zero attached hydrogens (tertiary/aromatic N) is 1. The van der Waals surface area contributed by atoms with Crippen molar-refractivity contribution in [1.82, 2.24) is 5.32 Å². The number of ether oxygens (including phenoxy) is 1. The van der Waals surface area contributed by atoms with Crippen molar-refractivity contribution in [1.29, 1.82) is 5.26 Å². The van der Waals surface area contributed by atoms with E-state index in [9.17, 15) is 4.79 Å². The van der Waals surface area contributed by atoms with Crippen molar-refractivity contribution in [3.05, 3.63) is 40.9 Å². The van der Waals surface area contributed by atoms with Gasteiger partial charge < -0.3 is 10.1 Å². The number of benzene rings is 2. The maximum Gasteiger partial charge on any atom is 0.258 e. The molecule has 0 aromatic heterocycles. The summed E-state index contributed by atoms with van der Waals surface area (Å²) in [6.45, 7) is -0.0995. The first-order chi connectivity index (χ1) is 9.19. The van der Waals surface area contributed by atoms with E-state index in [2.05, 4.69) is 21.2 Å². The molecule has 0 atom stereocenters. The number of hydrogen-bond donors (Lipinski definition) is 1. The molecule has 0 aliphatic heterocycles. The van der Waals surface area contributed by atoms with Crippen LogP contribution in [-0.2, 0) is 4.79 Å². The Morgan fingerprint density at radius 2 is 2.00 bits per heavy atom. The van der Waals surface area contributed by atoms with Crippen molar-refractivity contribution in [2.75, 3.05) is 13.2 Å². The molecule has 0 aliphatic rings. The number of rotatable bonds is 4. The monoisotopic (exact) mass is 318 g/mol. The molecule has 2 rings (SSSR count). The lowest BCUT2D eigenvalue weighted by Gasteiger charge is -2.07. The number of nitriles is 1. The summed E-state index contributed by atoms with van der Waals surface area (Å²) in [5.41, 5.74) is 0. The number of fused-ring (bicyclic) bond motifs is 1. The Labute approximate surface area is 119 Å². The van der Waals surface area contributed by atoms with Gasteiger partial charge in [-0.1, -0.05) is 28.1 Å². The van der Waals surface area contributed by atoms with Crippen LogP contribution >= 0.6 is 15.9 Å². The Morgan fingerprint density at radius 3 is 2.79 bits per heavy atom. The first-order valence-corrected chi connectivity index (χ1v) is 6.44. The summed E-state index contributed by atoms with van der Waals surface area (Å²) in [6.07, 6.45) is 0. The zero-order chi connectivity index (χ0) is 13.7. The van der Waals surface area contributed by atoms with E-state index in [-0.39, 0.29) is 19.1 Å². The second-order valence-corrected chi connectivity index (χ2v) is 4.79. The van der Waals surface area contributed by atoms with Gasteiger partial charge in [-0.2, -0.15) is 5.26 Å². The Kier molecular flexibility index (Phi) is 4.37. The van der Waals surface area contributed by atoms with Crippen LogP contribution in [0.15, 0.2) is 40.9 Å². The van der Waals surface area contributed by atoms with Crippen LogP contribution in [0.25, 0.3) is 10.8 Å². The standard InChI is InChI=1S/C14H11BrN2O2/c15-12-3-1-11-8-13(4-2-10(11)7-12)19-9-14(18)17-6-5-16/h1-4,7-8H,6,9H2,(H,17,18). The number of hydrogen-bond acceptors (Lipinski definition) is 3. The Morgan fingerprint density at radius 1 is 1.26 bits per heavy atom. The second kappa shape index (κ2) is 6.21. The molecule has 96 valence electrons. The molecule has 0 unspecified atom stereocenters. The normalized spacial score (nSPS) is 9.89. The molecule has 0 radical (unpaired) electrons. The maximum atomic E-state index is 11.3. The lowest BCUT2D eigenvalue weighted by Crippen LogP contribution is -2.28. The predicted octanol–water partition coefficient (Wildman–Crippen LogP) is 2.62. The van der Waals surface area contributed by atoms with Gasteiger partial charge in [0.25, 0.3) is 5.91 Å². The average molecular weight is 319 g/mol. The second-order valence-electron chi connectivity index (χ2n) is 3.88. The van der Waals surface area contributed by atoms with Crippen molar-refractivity contribution < 1.29 is 9.53 Å². The Balaban J connectivity index is 2.04. The minimum atomic E-state index is -0.308. The van der Waals surface area contributed by atoms with Gasteiger partial charge >= 0.3 is 0 Å². The van der Waals surface area contributed by atoms with Crippen molar-refractivity contribution in [2.45, 2.75) is 0 Å². The van der Waals surface area contributed by atoms with E-state index >= 15 is 0 Å². The van der Waals surface area contributed by atoms with E-state index in [0.717, 1.165) is 15.2 Å². The highest BCUT2D eigenvalue weighted by molar-refractivity contribution is 9.10. The van der Waals surface area contributed by atoms with E-state index in [0.29, 0.717) is 5.75 Å². The molecule has 0 aliphatic carbocycles. The summed E-state index contributed by atoms with van der Waals surface area (Å²) >= 11 is 3.41. The maximum absolute atomic E-state index is 11.3. The molecule has 0 spiro atoms. The van der Waals surface area contributed by atoms with E-state index < -0.39 is 0 Å². The predicted molar refractivity (Wildman–Crippen MR) is 75.8 cm³/mol. The summed E-state index contributed by atoms with van der Waals surface area (Å²) < 4.78 is 6.39. The first kappa shape index (κ1) is 13.4. The van der Waals surface area contributed by atoms with Gasteiger partial charge in [0.1, 0.15) is 12.3 Å². The van der Waals surface area contributed by atoms with Crippen molar-refractivity contribution >= 4 is 32.6 Å². The van der Waals surface area contributed by atoms with Crippen molar-refractivity contribution in [3.63, 3.8) is 0 Å². The highest BCUT2D eigenvalue weighted by Gasteiger charge is 2.03. The van der Waals surface area contributed by atoms with Crippen LogP contribution in [0, 0.1) is 11.3 Å². The topological polar surface area (TPSA) is 62.1 Å². The van der Waals surface area contributed by atoms with Gasteiger partial charge in [-0.15, -0.1) is 0 Å². The van der Waals surface area contributed by atoms with Crippen LogP contribution in [0.3, 0.4) is 0 Å². The number of nitrogens with one attached hydrogen (secondary N) is 1. The van der Waals surface area contributed by atoms with Crippen molar-refractivity contribution in [3.8, 4) is 11.8 Å². The fourth-order valence-electron chi connectivity index (χ4n) is 1.62. The first-order valence-electron chi connectivity index (χ1n) is 5.65. The highest BCUT2D eigenvalue weighted by atomic mass is 79.9. The molecule has 0 saturated carbocycles. The third kappa shape index (κ3) is 3.70. The van der Waals surface area contributed by atoms with Gasteiger partial charge in [0.15, 0.2) is 6.61 Å². The Bertz CT molecular complexity index is 649. The van der Waals surface area contributed by atoms with E-state index in [1.807, 2.05) is 42.5 Å². The largest absolute Gasteiger partial charge is 0.484 e. The van der Waals surface area contributed by atoms with Gasteiger partial charge in [0.05, 0.1) is 6.07 Å². The summed E-state index contributed by atoms with van der Waals surface area (Å²) in [7, 11) is 0. The van der Waals surface area contributed by atoms with Gasteiger partial charge in [0, 0.05) is 4.47 Å². The molecular weight excluding hydrogens is 308 g/mol. The summed E-state index contributed by atoms with van der Waals surface area (Å²) in [6, 6.07) is 13.4. The molecule has 0 heterocycles. The van der Waals surface area contributed by atoms with Crippen LogP contribution in [0.1, 0.15) is 0 Å². The van der Waals surface area contributed by atoms with Crippen LogP contribution in [0.5, 0.6) is 5.75 Å². The molecule has 0 saturated heterocycles. The molecule has 1 amide bonds. The third-order valence-corrected chi connectivity index (χ3v) is 3.00. The number of amides is 1. The fourth-order valence-corrected chi connectivity index (χ4v) is 2.00. The molecule has 5 heteroatoms. The summed E-state index contributed by atoms with van der Waals surface area (Å²) in [4.78, 5) is 11.3. The molecule has 1 N–H and O–H groups in total. The zero-order valence-electron chi connectivity index (χ0n) is 10.0. The minimum Gasteiger partial charge on any atom is -0.484 e. The number of halogens is 1. The lowest BCUT2D eigenvalue weighted by molar-refractivity contribution is -0.122. The summed E-state index contributed by atoms with van der Waals surface area (Å²) in [5, 5.41) is 12.9.